The standard InChI is InChI=1S/C19H20FN3O3/c1-11(2)26-14-6-4-13(5-7-14)21-19-22-16-8-12(9-18(24)25-3)15(20)10-17(16)23-19/h4-8,10-11H,9H2,1-3H3,(H2,21,22,23). The van der Waals surface area contributed by atoms with Gasteiger partial charge in [-0.3, -0.25) is 4.79 Å². The van der Waals surface area contributed by atoms with Gasteiger partial charge in [0.2, 0.25) is 5.95 Å². The summed E-state index contributed by atoms with van der Waals surface area (Å²) in [6.45, 7) is 3.93. The molecule has 0 saturated carbocycles. The molecule has 26 heavy (non-hydrogen) atoms. The van der Waals surface area contributed by atoms with Gasteiger partial charge in [-0.2, -0.15) is 0 Å². The number of imidazole rings is 1. The Labute approximate surface area is 150 Å². The average molecular weight is 357 g/mol. The quantitative estimate of drug-likeness (QED) is 0.653. The monoisotopic (exact) mass is 357 g/mol. The molecule has 0 bridgehead atoms. The van der Waals surface area contributed by atoms with Crippen LogP contribution in [0.25, 0.3) is 11.0 Å². The number of hydrogen-bond acceptors (Lipinski definition) is 5. The summed E-state index contributed by atoms with van der Waals surface area (Å²) in [7, 11) is 1.27. The van der Waals surface area contributed by atoms with Crippen LogP contribution in [-0.4, -0.2) is 29.2 Å². The van der Waals surface area contributed by atoms with E-state index in [-0.39, 0.29) is 18.1 Å². The van der Waals surface area contributed by atoms with Crippen LogP contribution in [0.4, 0.5) is 16.0 Å². The molecule has 0 saturated heterocycles. The summed E-state index contributed by atoms with van der Waals surface area (Å²) in [4.78, 5) is 18.8. The Kier molecular flexibility index (Phi) is 5.06. The molecular weight excluding hydrogens is 337 g/mol. The summed E-state index contributed by atoms with van der Waals surface area (Å²) in [5.41, 5.74) is 2.17. The van der Waals surface area contributed by atoms with Crippen molar-refractivity contribution in [3.05, 3.63) is 47.8 Å². The summed E-state index contributed by atoms with van der Waals surface area (Å²) < 4.78 is 24.3. The average Bonchev–Trinajstić information content (AvgIpc) is 2.97. The van der Waals surface area contributed by atoms with E-state index in [1.807, 2.05) is 38.1 Å². The van der Waals surface area contributed by atoms with Crippen LogP contribution in [0, 0.1) is 5.82 Å². The molecule has 0 aliphatic heterocycles. The Hall–Kier alpha value is -3.09. The second kappa shape index (κ2) is 7.43. The molecule has 0 unspecified atom stereocenters. The number of ether oxygens (including phenoxy) is 2. The van der Waals surface area contributed by atoms with Gasteiger partial charge >= 0.3 is 5.97 Å². The number of fused-ring (bicyclic) bond motifs is 1. The second-order valence-corrected chi connectivity index (χ2v) is 6.12. The maximum Gasteiger partial charge on any atom is 0.310 e. The van der Waals surface area contributed by atoms with E-state index in [0.29, 0.717) is 17.0 Å². The zero-order valence-corrected chi connectivity index (χ0v) is 14.8. The number of anilines is 2. The topological polar surface area (TPSA) is 76.2 Å². The number of aromatic nitrogens is 2. The SMILES string of the molecule is COC(=O)Cc1cc2nc(Nc3ccc(OC(C)C)cc3)[nH]c2cc1F. The van der Waals surface area contributed by atoms with Gasteiger partial charge in [0.25, 0.3) is 0 Å². The summed E-state index contributed by atoms with van der Waals surface area (Å²) in [5, 5.41) is 3.13. The molecule has 2 aromatic carbocycles. The molecular formula is C19H20FN3O3. The Morgan fingerprint density at radius 2 is 2.00 bits per heavy atom. The molecule has 6 nitrogen and oxygen atoms in total. The van der Waals surface area contributed by atoms with Gasteiger partial charge in [-0.15, -0.1) is 0 Å². The lowest BCUT2D eigenvalue weighted by atomic mass is 10.1. The van der Waals surface area contributed by atoms with E-state index in [1.165, 1.54) is 13.2 Å². The van der Waals surface area contributed by atoms with Crippen molar-refractivity contribution in [2.45, 2.75) is 26.4 Å². The number of esters is 1. The first-order valence-corrected chi connectivity index (χ1v) is 8.23. The molecule has 0 aliphatic carbocycles. The lowest BCUT2D eigenvalue weighted by Gasteiger charge is -2.10. The van der Waals surface area contributed by atoms with Crippen LogP contribution in [0.3, 0.4) is 0 Å². The molecule has 0 spiro atoms. The molecule has 1 aromatic heterocycles. The van der Waals surface area contributed by atoms with Crippen molar-refractivity contribution in [1.29, 1.82) is 0 Å². The van der Waals surface area contributed by atoms with E-state index in [2.05, 4.69) is 20.0 Å². The van der Waals surface area contributed by atoms with Gasteiger partial charge in [-0.05, 0) is 50.2 Å². The van der Waals surface area contributed by atoms with E-state index < -0.39 is 11.8 Å². The fourth-order valence-corrected chi connectivity index (χ4v) is 2.52. The fraction of sp³-hybridized carbons (Fsp3) is 0.263. The van der Waals surface area contributed by atoms with Gasteiger partial charge in [-0.25, -0.2) is 9.37 Å². The molecule has 0 atom stereocenters. The van der Waals surface area contributed by atoms with E-state index in [1.54, 1.807) is 6.07 Å². The Bertz CT molecular complexity index is 920. The van der Waals surface area contributed by atoms with Gasteiger partial charge in [-0.1, -0.05) is 0 Å². The van der Waals surface area contributed by atoms with Gasteiger partial charge in [0, 0.05) is 11.3 Å². The predicted octanol–water partition coefficient (Wildman–Crippen LogP) is 3.95. The summed E-state index contributed by atoms with van der Waals surface area (Å²) in [6, 6.07) is 10.3. The first-order valence-electron chi connectivity index (χ1n) is 8.23. The maximum atomic E-state index is 14.1. The third kappa shape index (κ3) is 4.11. The van der Waals surface area contributed by atoms with Crippen LogP contribution in [0.2, 0.25) is 0 Å². The van der Waals surface area contributed by atoms with Gasteiger partial charge in [0.1, 0.15) is 11.6 Å². The molecule has 3 aromatic rings. The lowest BCUT2D eigenvalue weighted by Crippen LogP contribution is -2.06. The smallest absolute Gasteiger partial charge is 0.310 e. The van der Waals surface area contributed by atoms with E-state index in [4.69, 9.17) is 4.74 Å². The number of halogens is 1. The molecule has 0 aliphatic rings. The minimum Gasteiger partial charge on any atom is -0.491 e. The number of benzene rings is 2. The molecule has 2 N–H and O–H groups in total. The second-order valence-electron chi connectivity index (χ2n) is 6.12. The number of aromatic amines is 1. The Morgan fingerprint density at radius 1 is 1.27 bits per heavy atom. The number of carbonyl (C=O) groups is 1. The minimum atomic E-state index is -0.499. The molecule has 136 valence electrons. The normalized spacial score (nSPS) is 11.0. The van der Waals surface area contributed by atoms with Crippen LogP contribution in [0.5, 0.6) is 5.75 Å². The third-order valence-corrected chi connectivity index (χ3v) is 3.70. The maximum absolute atomic E-state index is 14.1. The molecule has 3 rings (SSSR count). The Morgan fingerprint density at radius 3 is 2.65 bits per heavy atom. The van der Waals surface area contributed by atoms with Crippen molar-refractivity contribution in [1.82, 2.24) is 9.97 Å². The zero-order valence-electron chi connectivity index (χ0n) is 14.8. The molecule has 7 heteroatoms. The van der Waals surface area contributed by atoms with Crippen molar-refractivity contribution in [3.63, 3.8) is 0 Å². The van der Waals surface area contributed by atoms with Crippen molar-refractivity contribution in [2.24, 2.45) is 0 Å². The van der Waals surface area contributed by atoms with Crippen LogP contribution in [0.15, 0.2) is 36.4 Å². The summed E-state index contributed by atoms with van der Waals surface area (Å²) in [6.07, 6.45) is -0.0242. The van der Waals surface area contributed by atoms with Crippen LogP contribution in [-0.2, 0) is 16.0 Å². The number of nitrogens with zero attached hydrogens (tertiary/aromatic N) is 1. The fourth-order valence-electron chi connectivity index (χ4n) is 2.52. The van der Waals surface area contributed by atoms with Crippen LogP contribution < -0.4 is 10.1 Å². The van der Waals surface area contributed by atoms with E-state index >= 15 is 0 Å². The molecule has 0 radical (unpaired) electrons. The number of hydrogen-bond donors (Lipinski definition) is 2. The highest BCUT2D eigenvalue weighted by Crippen LogP contribution is 2.23. The van der Waals surface area contributed by atoms with Crippen molar-refractivity contribution >= 4 is 28.6 Å². The first kappa shape index (κ1) is 17.7. The molecule has 0 amide bonds. The number of rotatable bonds is 6. The summed E-state index contributed by atoms with van der Waals surface area (Å²) >= 11 is 0. The van der Waals surface area contributed by atoms with Crippen molar-refractivity contribution in [2.75, 3.05) is 12.4 Å². The van der Waals surface area contributed by atoms with Crippen LogP contribution >= 0.6 is 0 Å². The largest absolute Gasteiger partial charge is 0.491 e. The minimum absolute atomic E-state index is 0.110. The number of carbonyl (C=O) groups excluding carboxylic acids is 1. The number of H-pyrrole nitrogens is 1. The highest BCUT2D eigenvalue weighted by molar-refractivity contribution is 5.81. The molecule has 1 heterocycles. The Balaban J connectivity index is 1.79. The third-order valence-electron chi connectivity index (χ3n) is 3.70. The highest BCUT2D eigenvalue weighted by atomic mass is 19.1. The van der Waals surface area contributed by atoms with Crippen molar-refractivity contribution < 1.29 is 18.7 Å². The van der Waals surface area contributed by atoms with Gasteiger partial charge in [0.05, 0.1) is 30.7 Å². The number of methoxy groups -OCH3 is 1. The number of nitrogens with one attached hydrogen (secondary N) is 2. The van der Waals surface area contributed by atoms with Gasteiger partial charge < -0.3 is 19.8 Å². The predicted molar refractivity (Wildman–Crippen MR) is 97.3 cm³/mol. The zero-order chi connectivity index (χ0) is 18.7. The van der Waals surface area contributed by atoms with E-state index in [0.717, 1.165) is 11.4 Å². The first-order chi connectivity index (χ1) is 12.4. The molecule has 0 fully saturated rings. The van der Waals surface area contributed by atoms with E-state index in [9.17, 15) is 9.18 Å². The summed E-state index contributed by atoms with van der Waals surface area (Å²) in [5.74, 6) is 0.283. The van der Waals surface area contributed by atoms with Crippen LogP contribution in [0.1, 0.15) is 19.4 Å². The van der Waals surface area contributed by atoms with Gasteiger partial charge in [0.15, 0.2) is 0 Å². The highest BCUT2D eigenvalue weighted by Gasteiger charge is 2.12. The lowest BCUT2D eigenvalue weighted by molar-refractivity contribution is -0.139. The van der Waals surface area contributed by atoms with Crippen molar-refractivity contribution in [3.8, 4) is 5.75 Å².